The highest BCUT2D eigenvalue weighted by atomic mass is 14.8. The maximum Gasteiger partial charge on any atom is -0.0321 e. The van der Waals surface area contributed by atoms with E-state index in [-0.39, 0.29) is 52.0 Å². The molecular formula is C101H170. The van der Waals surface area contributed by atoms with Gasteiger partial charge in [0.05, 0.1) is 0 Å². The van der Waals surface area contributed by atoms with Crippen LogP contribution in [0.2, 0.25) is 0 Å². The van der Waals surface area contributed by atoms with Gasteiger partial charge in [-0.1, -0.05) is 103 Å². The molecule has 30 saturated carbocycles. The lowest BCUT2D eigenvalue weighted by Crippen LogP contribution is -2.42. The third kappa shape index (κ3) is 11.0. The molecule has 0 spiro atoms. The lowest BCUT2D eigenvalue weighted by Gasteiger charge is -2.49. The Morgan fingerprint density at radius 3 is 0.554 bits per heavy atom. The maximum atomic E-state index is 1.70. The SMILES string of the molecule is C.C.C.C.C.C.C.C1CC2C(C1)C1CC2C2C3CCC(C3)C12.C1CC2C3CCC(C3)C2C1.C1CC2CC1C1C3CC(C21)C1C2CCC(C2)C31.C1CC2CC1C1C3CC(C4CCC43)C21.C1CC2CC1C1C3CCC(C3)C21.C1CCC2C3CCC(C3)C2C1.C1CCC2CC3C4CCC(C4)C3CC2C1. The Labute approximate surface area is 628 Å². The number of hydrogen-bond donors (Lipinski definition) is 0. The largest absolute Gasteiger partial charge is 0.0776 e. The van der Waals surface area contributed by atoms with E-state index >= 15 is 0 Å². The molecule has 0 heteroatoms. The van der Waals surface area contributed by atoms with Crippen molar-refractivity contribution in [1.29, 1.82) is 0 Å². The van der Waals surface area contributed by atoms with E-state index < -0.39 is 0 Å². The molecule has 0 saturated heterocycles. The summed E-state index contributed by atoms with van der Waals surface area (Å²) in [5.41, 5.74) is 0. The molecule has 0 aromatic heterocycles. The Kier molecular flexibility index (Phi) is 20.7. The first-order valence-electron chi connectivity index (χ1n) is 46.5. The Balaban J connectivity index is 0.0000000874. The van der Waals surface area contributed by atoms with Gasteiger partial charge in [0.15, 0.2) is 0 Å². The second-order valence-electron chi connectivity index (χ2n) is 45.1. The van der Waals surface area contributed by atoms with Crippen molar-refractivity contribution in [3.63, 3.8) is 0 Å². The van der Waals surface area contributed by atoms with Crippen LogP contribution in [0.1, 0.15) is 360 Å². The number of fused-ring (bicyclic) bond motifs is 65. The van der Waals surface area contributed by atoms with Crippen LogP contribution in [0.15, 0.2) is 0 Å². The third-order valence-corrected chi connectivity index (χ3v) is 44.1. The molecule has 30 aliphatic carbocycles. The standard InChI is InChI=1S/C17H24.C15H22.C15H24.C14H20.C12H18.C11H18.C10H16.7CH4/c1-2-9-5-8(1)14-12-7-13(15(9)14)17-11-4-3-10(6-11)16(12)17;1-2-10-11(3-1)13-7-12(10)14-8-4-5-9(6-8)15(13)14;1-2-4-11-9-15-13-6-5-12(7-13)14(15)8-10(11)3-1;1-2-8-5-7(1)13-11-6-12(14(8)13)10-4-3-9(10)11;1-2-8-5-7(1)11-9-3-4-10(6-9)12(8)11;1-2-4-11-9-6-5-8(7-9)10(11)3-1;1-2-9-7-4-5-8(6-7)10(9)3-1;;;;;;;/h8-17H,1-7H2;8-15H,1-7H2;10-15H,1-9H2;7-14H,1-6H2;7-12H,1-6H2;8-11H,1-7H2;7-10H,1-6H2;7*1H4. The van der Waals surface area contributed by atoms with E-state index in [0.29, 0.717) is 0 Å². The van der Waals surface area contributed by atoms with Gasteiger partial charge in [0.25, 0.3) is 0 Å². The van der Waals surface area contributed by atoms with Crippen molar-refractivity contribution >= 4 is 0 Å². The van der Waals surface area contributed by atoms with Crippen LogP contribution in [0.4, 0.5) is 0 Å². The topological polar surface area (TPSA) is 0 Å². The van der Waals surface area contributed by atoms with Crippen LogP contribution < -0.4 is 0 Å². The normalized spacial score (nSPS) is 60.6. The van der Waals surface area contributed by atoms with Crippen LogP contribution >= 0.6 is 0 Å². The van der Waals surface area contributed by atoms with Crippen LogP contribution in [0.3, 0.4) is 0 Å². The van der Waals surface area contributed by atoms with Gasteiger partial charge in [-0.2, -0.15) is 0 Å². The summed E-state index contributed by atoms with van der Waals surface area (Å²) < 4.78 is 0. The van der Waals surface area contributed by atoms with Gasteiger partial charge in [-0.3, -0.25) is 0 Å². The lowest BCUT2D eigenvalue weighted by molar-refractivity contribution is -0.00279. The first-order valence-corrected chi connectivity index (χ1v) is 46.5. The van der Waals surface area contributed by atoms with E-state index in [1.807, 2.05) is 0 Å². The Morgan fingerprint density at radius 1 is 0.0891 bits per heavy atom. The zero-order valence-corrected chi connectivity index (χ0v) is 60.5. The molecule has 0 aromatic carbocycles. The average molecular weight is 1380 g/mol. The van der Waals surface area contributed by atoms with Crippen LogP contribution in [-0.2, 0) is 0 Å². The summed E-state index contributed by atoms with van der Waals surface area (Å²) in [7, 11) is 0. The average Bonchev–Trinajstić information content (AvgIpc) is 1.52. The minimum absolute atomic E-state index is 0. The van der Waals surface area contributed by atoms with Gasteiger partial charge in [0.2, 0.25) is 0 Å². The summed E-state index contributed by atoms with van der Waals surface area (Å²) in [6.07, 6.45) is 77.4. The quantitative estimate of drug-likeness (QED) is 0.212. The zero-order chi connectivity index (χ0) is 60.5. The van der Waals surface area contributed by atoms with Crippen molar-refractivity contribution in [2.75, 3.05) is 0 Å². The summed E-state index contributed by atoms with van der Waals surface area (Å²) in [6.45, 7) is 0. The fraction of sp³-hybridized carbons (Fsp3) is 1.00. The zero-order valence-electron chi connectivity index (χ0n) is 60.5. The van der Waals surface area contributed by atoms with E-state index in [0.717, 1.165) is 0 Å². The van der Waals surface area contributed by atoms with E-state index in [1.54, 1.807) is 308 Å². The molecule has 30 aliphatic rings. The van der Waals surface area contributed by atoms with Crippen molar-refractivity contribution in [2.24, 2.45) is 272 Å². The van der Waals surface area contributed by atoms with E-state index in [1.165, 1.54) is 272 Å². The van der Waals surface area contributed by atoms with Crippen molar-refractivity contribution in [1.82, 2.24) is 0 Å². The van der Waals surface area contributed by atoms with Crippen LogP contribution in [0.25, 0.3) is 0 Å². The van der Waals surface area contributed by atoms with E-state index in [2.05, 4.69) is 0 Å². The van der Waals surface area contributed by atoms with Crippen LogP contribution in [0.5, 0.6) is 0 Å². The molecule has 0 N–H and O–H groups in total. The summed E-state index contributed by atoms with van der Waals surface area (Å²) in [5.74, 6) is 55.9. The fourth-order valence-corrected chi connectivity index (χ4v) is 42.5. The predicted molar refractivity (Wildman–Crippen MR) is 429 cm³/mol. The summed E-state index contributed by atoms with van der Waals surface area (Å²) in [6, 6.07) is 0. The Morgan fingerprint density at radius 2 is 0.277 bits per heavy atom. The van der Waals surface area contributed by atoms with Gasteiger partial charge >= 0.3 is 0 Å². The summed E-state index contributed by atoms with van der Waals surface area (Å²) >= 11 is 0. The van der Waals surface area contributed by atoms with Crippen molar-refractivity contribution in [2.45, 2.75) is 360 Å². The summed E-state index contributed by atoms with van der Waals surface area (Å²) in [4.78, 5) is 0. The molecule has 0 radical (unpaired) electrons. The number of hydrogen-bond acceptors (Lipinski definition) is 0. The Bertz CT molecular complexity index is 2580. The summed E-state index contributed by atoms with van der Waals surface area (Å²) in [5, 5.41) is 0. The molecule has 0 amide bonds. The molecule has 0 aliphatic heterocycles. The van der Waals surface area contributed by atoms with Crippen molar-refractivity contribution in [3.05, 3.63) is 0 Å². The van der Waals surface area contributed by atoms with Crippen molar-refractivity contribution in [3.8, 4) is 0 Å². The first-order chi connectivity index (χ1) is 46.5. The lowest BCUT2D eigenvalue weighted by atomic mass is 9.56. The van der Waals surface area contributed by atoms with Crippen LogP contribution in [-0.4, -0.2) is 0 Å². The molecule has 30 rings (SSSR count). The molecule has 30 fully saturated rings. The van der Waals surface area contributed by atoms with Gasteiger partial charge < -0.3 is 0 Å². The van der Waals surface area contributed by atoms with Crippen molar-refractivity contribution < 1.29 is 0 Å². The molecule has 42 atom stereocenters. The second-order valence-corrected chi connectivity index (χ2v) is 45.1. The predicted octanol–water partition coefficient (Wildman–Crippen LogP) is 28.8. The highest BCUT2D eigenvalue weighted by Crippen LogP contribution is 2.79. The van der Waals surface area contributed by atoms with Gasteiger partial charge in [0, 0.05) is 0 Å². The fourth-order valence-electron chi connectivity index (χ4n) is 42.5. The van der Waals surface area contributed by atoms with E-state index in [4.69, 9.17) is 0 Å². The minimum Gasteiger partial charge on any atom is -0.0776 e. The molecule has 0 aromatic rings. The van der Waals surface area contributed by atoms with Gasteiger partial charge in [-0.25, -0.2) is 0 Å². The number of rotatable bonds is 0. The smallest absolute Gasteiger partial charge is 0.0321 e. The minimum atomic E-state index is 0. The highest BCUT2D eigenvalue weighted by Gasteiger charge is 2.72. The maximum absolute atomic E-state index is 1.70. The van der Waals surface area contributed by atoms with Gasteiger partial charge in [0.1, 0.15) is 0 Å². The Hall–Kier alpha value is 0. The molecular weight excluding hydrogens is 1210 g/mol. The van der Waals surface area contributed by atoms with E-state index in [9.17, 15) is 0 Å². The van der Waals surface area contributed by atoms with Crippen LogP contribution in [0, 0.1) is 272 Å². The third-order valence-electron chi connectivity index (χ3n) is 44.1. The monoisotopic (exact) mass is 1380 g/mol. The molecule has 101 heavy (non-hydrogen) atoms. The highest BCUT2D eigenvalue weighted by molar-refractivity contribution is 5.20. The van der Waals surface area contributed by atoms with Gasteiger partial charge in [-0.15, -0.1) is 0 Å². The molecule has 42 unspecified atom stereocenters. The molecule has 0 heterocycles. The van der Waals surface area contributed by atoms with Gasteiger partial charge in [-0.05, 0) is 529 Å². The molecule has 0 nitrogen and oxygen atoms in total. The molecule has 574 valence electrons. The second kappa shape index (κ2) is 28.3. The molecule has 24 bridgehead atoms. The first kappa shape index (κ1) is 73.8.